The molecule has 0 saturated carbocycles. The van der Waals surface area contributed by atoms with E-state index in [2.05, 4.69) is 31.1 Å². The maximum atomic E-state index is 12.6. The van der Waals surface area contributed by atoms with Crippen molar-refractivity contribution in [3.8, 4) is 0 Å². The number of hydrogen-bond acceptors (Lipinski definition) is 3. The fourth-order valence-corrected chi connectivity index (χ4v) is 2.43. The van der Waals surface area contributed by atoms with Crippen LogP contribution in [-0.4, -0.2) is 35.4 Å². The van der Waals surface area contributed by atoms with Gasteiger partial charge in [-0.05, 0) is 30.4 Å². The zero-order chi connectivity index (χ0) is 13.8. The Morgan fingerprint density at radius 3 is 2.74 bits per heavy atom. The van der Waals surface area contributed by atoms with Gasteiger partial charge in [-0.25, -0.2) is 4.98 Å². The number of anilines is 1. The van der Waals surface area contributed by atoms with Crippen LogP contribution >= 0.6 is 0 Å². The van der Waals surface area contributed by atoms with Gasteiger partial charge in [-0.2, -0.15) is 0 Å². The molecule has 1 aromatic rings. The Hall–Kier alpha value is -1.58. The lowest BCUT2D eigenvalue weighted by Gasteiger charge is -2.18. The van der Waals surface area contributed by atoms with Crippen LogP contribution < -0.4 is 5.32 Å². The van der Waals surface area contributed by atoms with Crippen molar-refractivity contribution in [2.75, 3.05) is 25.0 Å². The quantitative estimate of drug-likeness (QED) is 0.906. The van der Waals surface area contributed by atoms with Crippen molar-refractivity contribution in [3.05, 3.63) is 23.9 Å². The van der Waals surface area contributed by atoms with Gasteiger partial charge in [0.15, 0.2) is 0 Å². The smallest absolute Gasteiger partial charge is 0.257 e. The van der Waals surface area contributed by atoms with Gasteiger partial charge in [-0.3, -0.25) is 4.79 Å². The van der Waals surface area contributed by atoms with Crippen LogP contribution in [0.5, 0.6) is 0 Å². The van der Waals surface area contributed by atoms with E-state index in [4.69, 9.17) is 0 Å². The highest BCUT2D eigenvalue weighted by molar-refractivity contribution is 5.98. The molecule has 0 aliphatic carbocycles. The zero-order valence-electron chi connectivity index (χ0n) is 12.0. The van der Waals surface area contributed by atoms with Crippen molar-refractivity contribution in [1.82, 2.24) is 9.88 Å². The lowest BCUT2D eigenvalue weighted by Crippen LogP contribution is -2.29. The van der Waals surface area contributed by atoms with Crippen molar-refractivity contribution in [1.29, 1.82) is 0 Å². The molecule has 0 radical (unpaired) electrons. The first kappa shape index (κ1) is 13.8. The highest BCUT2D eigenvalue weighted by Crippen LogP contribution is 2.25. The van der Waals surface area contributed by atoms with E-state index in [0.717, 1.165) is 26.1 Å². The molecule has 0 spiro atoms. The number of pyridine rings is 1. The summed E-state index contributed by atoms with van der Waals surface area (Å²) in [5.41, 5.74) is 0.692. The largest absolute Gasteiger partial charge is 0.369 e. The molecule has 1 saturated heterocycles. The summed E-state index contributed by atoms with van der Waals surface area (Å²) in [6.07, 6.45) is 2.74. The molecule has 4 nitrogen and oxygen atoms in total. The molecule has 2 atom stereocenters. The predicted octanol–water partition coefficient (Wildman–Crippen LogP) is 2.63. The molecule has 2 unspecified atom stereocenters. The third-order valence-electron chi connectivity index (χ3n) is 3.86. The number of carbonyl (C=O) groups is 1. The van der Waals surface area contributed by atoms with E-state index >= 15 is 0 Å². The number of likely N-dealkylation sites (tertiary alicyclic amines) is 1. The van der Waals surface area contributed by atoms with Crippen molar-refractivity contribution in [2.24, 2.45) is 11.8 Å². The lowest BCUT2D eigenvalue weighted by molar-refractivity contribution is 0.0785. The second-order valence-corrected chi connectivity index (χ2v) is 5.49. The predicted molar refractivity (Wildman–Crippen MR) is 77.2 cm³/mol. The van der Waals surface area contributed by atoms with Gasteiger partial charge in [-0.15, -0.1) is 0 Å². The molecule has 1 fully saturated rings. The zero-order valence-corrected chi connectivity index (χ0v) is 12.0. The first-order chi connectivity index (χ1) is 9.13. The molecule has 0 bridgehead atoms. The Kier molecular flexibility index (Phi) is 4.40. The van der Waals surface area contributed by atoms with E-state index < -0.39 is 0 Å². The molecule has 1 aliphatic rings. The van der Waals surface area contributed by atoms with Crippen LogP contribution in [-0.2, 0) is 0 Å². The van der Waals surface area contributed by atoms with Gasteiger partial charge in [0.2, 0.25) is 0 Å². The van der Waals surface area contributed by atoms with E-state index in [1.165, 1.54) is 0 Å². The minimum Gasteiger partial charge on any atom is -0.369 e. The van der Waals surface area contributed by atoms with Gasteiger partial charge in [0, 0.05) is 25.8 Å². The minimum absolute atomic E-state index is 0.0999. The van der Waals surface area contributed by atoms with Gasteiger partial charge < -0.3 is 10.2 Å². The second-order valence-electron chi connectivity index (χ2n) is 5.49. The van der Waals surface area contributed by atoms with Crippen molar-refractivity contribution >= 4 is 11.7 Å². The molecule has 2 rings (SSSR count). The Morgan fingerprint density at radius 2 is 2.11 bits per heavy atom. The lowest BCUT2D eigenvalue weighted by atomic mass is 10.0. The van der Waals surface area contributed by atoms with Crippen LogP contribution in [0.15, 0.2) is 18.3 Å². The highest BCUT2D eigenvalue weighted by atomic mass is 16.2. The topological polar surface area (TPSA) is 45.2 Å². The minimum atomic E-state index is 0.0999. The summed E-state index contributed by atoms with van der Waals surface area (Å²) < 4.78 is 0. The van der Waals surface area contributed by atoms with Crippen molar-refractivity contribution in [3.63, 3.8) is 0 Å². The molecule has 1 N–H and O–H groups in total. The fraction of sp³-hybridized carbons (Fsp3) is 0.600. The van der Waals surface area contributed by atoms with Crippen LogP contribution in [0.1, 0.15) is 37.6 Å². The number of aromatic nitrogens is 1. The third-order valence-corrected chi connectivity index (χ3v) is 3.86. The van der Waals surface area contributed by atoms with E-state index in [1.54, 1.807) is 6.20 Å². The molecular weight excluding hydrogens is 238 g/mol. The average Bonchev–Trinajstić information content (AvgIpc) is 2.76. The number of amides is 1. The Balaban J connectivity index is 2.15. The van der Waals surface area contributed by atoms with Crippen LogP contribution in [0.3, 0.4) is 0 Å². The van der Waals surface area contributed by atoms with E-state index in [0.29, 0.717) is 23.2 Å². The first-order valence-corrected chi connectivity index (χ1v) is 7.11. The average molecular weight is 261 g/mol. The summed E-state index contributed by atoms with van der Waals surface area (Å²) in [6, 6.07) is 3.69. The van der Waals surface area contributed by atoms with Crippen molar-refractivity contribution in [2.45, 2.75) is 27.2 Å². The SMILES string of the molecule is CCCNc1ncccc1C(=O)N1CC(C)C(C)C1. The van der Waals surface area contributed by atoms with Gasteiger partial charge in [-0.1, -0.05) is 20.8 Å². The van der Waals surface area contributed by atoms with Gasteiger partial charge >= 0.3 is 0 Å². The monoisotopic (exact) mass is 261 g/mol. The van der Waals surface area contributed by atoms with Crippen LogP contribution in [0.2, 0.25) is 0 Å². The molecule has 1 aliphatic heterocycles. The summed E-state index contributed by atoms with van der Waals surface area (Å²) in [5.74, 6) is 1.96. The van der Waals surface area contributed by atoms with Crippen LogP contribution in [0.4, 0.5) is 5.82 Å². The number of nitrogens with one attached hydrogen (secondary N) is 1. The normalized spacial score (nSPS) is 22.6. The van der Waals surface area contributed by atoms with Gasteiger partial charge in [0.05, 0.1) is 5.56 Å². The standard InChI is InChI=1S/C15H23N3O/c1-4-7-16-14-13(6-5-8-17-14)15(19)18-9-11(2)12(3)10-18/h5-6,8,11-12H,4,7,9-10H2,1-3H3,(H,16,17). The first-order valence-electron chi connectivity index (χ1n) is 7.11. The number of carbonyl (C=O) groups excluding carboxylic acids is 1. The number of hydrogen-bond donors (Lipinski definition) is 1. The maximum Gasteiger partial charge on any atom is 0.257 e. The molecule has 2 heterocycles. The maximum absolute atomic E-state index is 12.6. The molecule has 1 aromatic heterocycles. The Labute approximate surface area is 115 Å². The van der Waals surface area contributed by atoms with Crippen LogP contribution in [0, 0.1) is 11.8 Å². The van der Waals surface area contributed by atoms with Crippen LogP contribution in [0.25, 0.3) is 0 Å². The summed E-state index contributed by atoms with van der Waals surface area (Å²) in [7, 11) is 0. The van der Waals surface area contributed by atoms with Gasteiger partial charge in [0.25, 0.3) is 5.91 Å². The summed E-state index contributed by atoms with van der Waals surface area (Å²) in [6.45, 7) is 9.05. The number of nitrogens with zero attached hydrogens (tertiary/aromatic N) is 2. The summed E-state index contributed by atoms with van der Waals surface area (Å²) in [4.78, 5) is 18.8. The summed E-state index contributed by atoms with van der Waals surface area (Å²) >= 11 is 0. The molecule has 1 amide bonds. The Bertz CT molecular complexity index is 437. The second kappa shape index (κ2) is 6.04. The molecule has 4 heteroatoms. The third kappa shape index (κ3) is 3.06. The molecule has 19 heavy (non-hydrogen) atoms. The molecule has 104 valence electrons. The molecular formula is C15H23N3O. The van der Waals surface area contributed by atoms with E-state index in [-0.39, 0.29) is 5.91 Å². The fourth-order valence-electron chi connectivity index (χ4n) is 2.43. The summed E-state index contributed by atoms with van der Waals surface area (Å²) in [5, 5.41) is 3.23. The highest BCUT2D eigenvalue weighted by Gasteiger charge is 2.30. The number of rotatable bonds is 4. The van der Waals surface area contributed by atoms with Gasteiger partial charge in [0.1, 0.15) is 5.82 Å². The molecule has 0 aromatic carbocycles. The van der Waals surface area contributed by atoms with E-state index in [9.17, 15) is 4.79 Å². The van der Waals surface area contributed by atoms with Crippen molar-refractivity contribution < 1.29 is 4.79 Å². The Morgan fingerprint density at radius 1 is 1.42 bits per heavy atom. The van der Waals surface area contributed by atoms with E-state index in [1.807, 2.05) is 17.0 Å².